The highest BCUT2D eigenvalue weighted by molar-refractivity contribution is 6.05. The zero-order valence-electron chi connectivity index (χ0n) is 13.4. The summed E-state index contributed by atoms with van der Waals surface area (Å²) >= 11 is 0. The topological polar surface area (TPSA) is 49.4 Å². The van der Waals surface area contributed by atoms with E-state index in [9.17, 15) is 9.59 Å². The van der Waals surface area contributed by atoms with E-state index in [1.807, 2.05) is 0 Å². The van der Waals surface area contributed by atoms with E-state index in [-0.39, 0.29) is 17.9 Å². The van der Waals surface area contributed by atoms with Crippen molar-refractivity contribution in [3.05, 3.63) is 0 Å². The van der Waals surface area contributed by atoms with Crippen molar-refractivity contribution in [2.24, 2.45) is 0 Å². The summed E-state index contributed by atoms with van der Waals surface area (Å²) in [6, 6.07) is 0.123. The smallest absolute Gasteiger partial charge is 0.246 e. The highest BCUT2D eigenvalue weighted by atomic mass is 16.2. The molecule has 1 aliphatic carbocycles. The molecule has 1 aliphatic heterocycles. The number of likely N-dealkylation sites (N-methyl/N-ethyl adjacent to an activating group) is 1. The minimum absolute atomic E-state index is 0.0499. The molecular weight excluding hydrogens is 264 g/mol. The van der Waals surface area contributed by atoms with Gasteiger partial charge in [0.05, 0.1) is 12.5 Å². The number of carbonyl (C=O) groups is 2. The lowest BCUT2D eigenvalue weighted by molar-refractivity contribution is -0.137. The molecule has 0 aromatic rings. The summed E-state index contributed by atoms with van der Waals surface area (Å²) in [4.78, 5) is 24.9. The van der Waals surface area contributed by atoms with Crippen molar-refractivity contribution >= 4 is 11.8 Å². The van der Waals surface area contributed by atoms with Gasteiger partial charge in [-0.1, -0.05) is 57.8 Å². The third-order valence-electron chi connectivity index (χ3n) is 4.92. The number of hydrogen-bond donors (Lipinski definition) is 1. The first kappa shape index (κ1) is 16.5. The average Bonchev–Trinajstić information content (AvgIpc) is 2.69. The second-order valence-electron chi connectivity index (χ2n) is 6.67. The van der Waals surface area contributed by atoms with Crippen LogP contribution in [0.3, 0.4) is 0 Å². The van der Waals surface area contributed by atoms with Crippen LogP contribution >= 0.6 is 0 Å². The van der Waals surface area contributed by atoms with E-state index in [0.29, 0.717) is 12.5 Å². The highest BCUT2D eigenvalue weighted by Crippen LogP contribution is 2.19. The van der Waals surface area contributed by atoms with E-state index in [0.717, 1.165) is 12.8 Å². The summed E-state index contributed by atoms with van der Waals surface area (Å²) in [5.74, 6) is -0.100. The fourth-order valence-electron chi connectivity index (χ4n) is 3.50. The number of imide groups is 1. The van der Waals surface area contributed by atoms with Crippen LogP contribution in [0.4, 0.5) is 0 Å². The van der Waals surface area contributed by atoms with Crippen molar-refractivity contribution < 1.29 is 9.59 Å². The van der Waals surface area contributed by atoms with Crippen LogP contribution < -0.4 is 5.32 Å². The molecule has 21 heavy (non-hydrogen) atoms. The molecule has 1 saturated heterocycles. The molecule has 1 heterocycles. The number of likely N-dealkylation sites (tertiary alicyclic amines) is 1. The molecule has 120 valence electrons. The molecule has 2 fully saturated rings. The Hall–Kier alpha value is -0.900. The number of amides is 2. The first-order valence-electron chi connectivity index (χ1n) is 8.75. The van der Waals surface area contributed by atoms with E-state index in [1.165, 1.54) is 62.7 Å². The van der Waals surface area contributed by atoms with Crippen molar-refractivity contribution in [2.75, 3.05) is 7.05 Å². The van der Waals surface area contributed by atoms with Crippen LogP contribution in [0.5, 0.6) is 0 Å². The Kier molecular flexibility index (Phi) is 6.68. The van der Waals surface area contributed by atoms with Crippen LogP contribution in [-0.2, 0) is 9.59 Å². The van der Waals surface area contributed by atoms with Gasteiger partial charge in [-0.15, -0.1) is 0 Å². The van der Waals surface area contributed by atoms with E-state index < -0.39 is 0 Å². The molecule has 1 unspecified atom stereocenters. The summed E-state index contributed by atoms with van der Waals surface area (Å²) in [5.41, 5.74) is 0. The molecule has 0 bridgehead atoms. The maximum Gasteiger partial charge on any atom is 0.246 e. The largest absolute Gasteiger partial charge is 0.303 e. The number of hydrogen-bond acceptors (Lipinski definition) is 3. The van der Waals surface area contributed by atoms with E-state index in [4.69, 9.17) is 0 Å². The number of nitrogens with one attached hydrogen (secondary N) is 1. The number of rotatable bonds is 2. The van der Waals surface area contributed by atoms with Gasteiger partial charge in [-0.05, 0) is 12.8 Å². The van der Waals surface area contributed by atoms with E-state index in [2.05, 4.69) is 5.32 Å². The van der Waals surface area contributed by atoms with Gasteiger partial charge >= 0.3 is 0 Å². The lowest BCUT2D eigenvalue weighted by atomic mass is 9.97. The van der Waals surface area contributed by atoms with Gasteiger partial charge < -0.3 is 5.32 Å². The second-order valence-corrected chi connectivity index (χ2v) is 6.67. The predicted molar refractivity (Wildman–Crippen MR) is 83.9 cm³/mol. The first-order chi connectivity index (χ1) is 10.2. The Labute approximate surface area is 128 Å². The lowest BCUT2D eigenvalue weighted by Crippen LogP contribution is -2.43. The Morgan fingerprint density at radius 3 is 1.76 bits per heavy atom. The van der Waals surface area contributed by atoms with E-state index in [1.54, 1.807) is 7.05 Å². The first-order valence-corrected chi connectivity index (χ1v) is 8.75. The second kappa shape index (κ2) is 8.52. The maximum atomic E-state index is 12.0. The monoisotopic (exact) mass is 294 g/mol. The molecule has 2 rings (SSSR count). The lowest BCUT2D eigenvalue weighted by Gasteiger charge is -2.22. The quantitative estimate of drug-likeness (QED) is 0.797. The summed E-state index contributed by atoms with van der Waals surface area (Å²) in [6.07, 6.45) is 14.5. The molecule has 0 aromatic heterocycles. The molecule has 4 heteroatoms. The fourth-order valence-corrected chi connectivity index (χ4v) is 3.50. The van der Waals surface area contributed by atoms with Crippen molar-refractivity contribution in [3.63, 3.8) is 0 Å². The predicted octanol–water partition coefficient (Wildman–Crippen LogP) is 3.01. The average molecular weight is 294 g/mol. The standard InChI is InChI=1S/C17H30N2O2/c1-19-16(20)13-15(17(19)21)18-14-11-9-7-5-3-2-4-6-8-10-12-14/h14-15,18H,2-13H2,1H3. The van der Waals surface area contributed by atoms with Crippen molar-refractivity contribution in [3.8, 4) is 0 Å². The summed E-state index contributed by atoms with van der Waals surface area (Å²) < 4.78 is 0. The molecule has 0 aromatic carbocycles. The van der Waals surface area contributed by atoms with Crippen molar-refractivity contribution in [1.82, 2.24) is 10.2 Å². The molecule has 0 spiro atoms. The van der Waals surface area contributed by atoms with Crippen LogP contribution in [0.2, 0.25) is 0 Å². The normalized spacial score (nSPS) is 27.5. The molecule has 0 radical (unpaired) electrons. The van der Waals surface area contributed by atoms with Crippen LogP contribution in [-0.4, -0.2) is 35.8 Å². The molecule has 2 amide bonds. The third kappa shape index (κ3) is 5.10. The van der Waals surface area contributed by atoms with Crippen molar-refractivity contribution in [2.45, 2.75) is 89.1 Å². The fraction of sp³-hybridized carbons (Fsp3) is 0.882. The van der Waals surface area contributed by atoms with Gasteiger partial charge in [0.2, 0.25) is 11.8 Å². The van der Waals surface area contributed by atoms with E-state index >= 15 is 0 Å². The molecule has 2 aliphatic rings. The van der Waals surface area contributed by atoms with Crippen LogP contribution in [0, 0.1) is 0 Å². The highest BCUT2D eigenvalue weighted by Gasteiger charge is 2.36. The Morgan fingerprint density at radius 2 is 1.33 bits per heavy atom. The number of nitrogens with zero attached hydrogens (tertiary/aromatic N) is 1. The summed E-state index contributed by atoms with van der Waals surface area (Å²) in [6.45, 7) is 0. The molecule has 4 nitrogen and oxygen atoms in total. The SMILES string of the molecule is CN1C(=O)CC(NC2CCCCCCCCCCC2)C1=O. The summed E-state index contributed by atoms with van der Waals surface area (Å²) in [5, 5.41) is 3.47. The summed E-state index contributed by atoms with van der Waals surface area (Å²) in [7, 11) is 1.59. The zero-order valence-corrected chi connectivity index (χ0v) is 13.4. The molecule has 1 saturated carbocycles. The Bertz CT molecular complexity index is 345. The minimum Gasteiger partial charge on any atom is -0.303 e. The van der Waals surface area contributed by atoms with Gasteiger partial charge in [-0.3, -0.25) is 14.5 Å². The van der Waals surface area contributed by atoms with Crippen LogP contribution in [0.1, 0.15) is 77.0 Å². The van der Waals surface area contributed by atoms with Gasteiger partial charge in [0.15, 0.2) is 0 Å². The Morgan fingerprint density at radius 1 is 0.857 bits per heavy atom. The van der Waals surface area contributed by atoms with Gasteiger partial charge in [-0.25, -0.2) is 0 Å². The molecule has 1 N–H and O–H groups in total. The molecular formula is C17H30N2O2. The van der Waals surface area contributed by atoms with Crippen molar-refractivity contribution in [1.29, 1.82) is 0 Å². The van der Waals surface area contributed by atoms with Crippen LogP contribution in [0.25, 0.3) is 0 Å². The van der Waals surface area contributed by atoms with Gasteiger partial charge in [0.25, 0.3) is 0 Å². The van der Waals surface area contributed by atoms with Gasteiger partial charge in [0.1, 0.15) is 0 Å². The van der Waals surface area contributed by atoms with Gasteiger partial charge in [0, 0.05) is 13.1 Å². The Balaban J connectivity index is 1.83. The zero-order chi connectivity index (χ0) is 15.1. The van der Waals surface area contributed by atoms with Crippen LogP contribution in [0.15, 0.2) is 0 Å². The maximum absolute atomic E-state index is 12.0. The number of carbonyl (C=O) groups excluding carboxylic acids is 2. The van der Waals surface area contributed by atoms with Gasteiger partial charge in [-0.2, -0.15) is 0 Å². The minimum atomic E-state index is -0.277. The molecule has 1 atom stereocenters. The third-order valence-corrected chi connectivity index (χ3v) is 4.92.